The summed E-state index contributed by atoms with van der Waals surface area (Å²) in [5.41, 5.74) is 2.40. The Morgan fingerprint density at radius 3 is 2.57 bits per heavy atom. The number of likely N-dealkylation sites (N-methyl/N-ethyl adjacent to an activating group) is 1. The molecule has 1 aliphatic rings. The van der Waals surface area contributed by atoms with Crippen LogP contribution in [0.2, 0.25) is 5.02 Å². The normalized spacial score (nSPS) is 15.4. The first-order valence-corrected chi connectivity index (χ1v) is 11.0. The minimum atomic E-state index is -0.426. The standard InChI is InChI=1S/C22H28ClFN6/c1-3-27(4-2)9-10-28-11-13-29(14-12-28)21-7-8-25-22-18(16-26-30(21)22)17-5-6-20(24)19(23)15-17/h5-8,15-16H,3-4,9-14H2,1-2H3. The molecule has 30 heavy (non-hydrogen) atoms. The molecular weight excluding hydrogens is 403 g/mol. The van der Waals surface area contributed by atoms with Crippen LogP contribution in [0.15, 0.2) is 36.7 Å². The molecule has 3 aromatic rings. The smallest absolute Gasteiger partial charge is 0.165 e. The Morgan fingerprint density at radius 1 is 1.10 bits per heavy atom. The monoisotopic (exact) mass is 430 g/mol. The van der Waals surface area contributed by atoms with E-state index < -0.39 is 5.82 Å². The third-order valence-corrected chi connectivity index (χ3v) is 6.22. The maximum atomic E-state index is 13.6. The van der Waals surface area contributed by atoms with E-state index in [0.717, 1.165) is 74.9 Å². The molecule has 0 radical (unpaired) electrons. The molecule has 0 amide bonds. The maximum absolute atomic E-state index is 13.6. The molecular formula is C22H28ClFN6. The summed E-state index contributed by atoms with van der Waals surface area (Å²) >= 11 is 5.97. The quantitative estimate of drug-likeness (QED) is 0.572. The second-order valence-electron chi connectivity index (χ2n) is 7.58. The average Bonchev–Trinajstić information content (AvgIpc) is 3.21. The van der Waals surface area contributed by atoms with Crippen LogP contribution in [0.1, 0.15) is 13.8 Å². The minimum Gasteiger partial charge on any atom is -0.354 e. The van der Waals surface area contributed by atoms with Crippen LogP contribution in [0.4, 0.5) is 10.2 Å². The molecule has 6 nitrogen and oxygen atoms in total. The molecule has 0 aliphatic carbocycles. The van der Waals surface area contributed by atoms with Crippen molar-refractivity contribution in [2.45, 2.75) is 13.8 Å². The van der Waals surface area contributed by atoms with Gasteiger partial charge in [-0.2, -0.15) is 9.61 Å². The van der Waals surface area contributed by atoms with Crippen LogP contribution in [0, 0.1) is 5.82 Å². The number of aromatic nitrogens is 3. The first-order valence-electron chi connectivity index (χ1n) is 10.6. The van der Waals surface area contributed by atoms with Gasteiger partial charge < -0.3 is 9.80 Å². The predicted octanol–water partition coefficient (Wildman–Crippen LogP) is 3.65. The predicted molar refractivity (Wildman–Crippen MR) is 120 cm³/mol. The number of hydrogen-bond acceptors (Lipinski definition) is 5. The lowest BCUT2D eigenvalue weighted by Gasteiger charge is -2.36. The highest BCUT2D eigenvalue weighted by Crippen LogP contribution is 2.29. The van der Waals surface area contributed by atoms with Crippen molar-refractivity contribution in [3.63, 3.8) is 0 Å². The largest absolute Gasteiger partial charge is 0.354 e. The van der Waals surface area contributed by atoms with Gasteiger partial charge in [-0.1, -0.05) is 31.5 Å². The molecule has 3 heterocycles. The third-order valence-electron chi connectivity index (χ3n) is 5.94. The van der Waals surface area contributed by atoms with Crippen LogP contribution >= 0.6 is 11.6 Å². The summed E-state index contributed by atoms with van der Waals surface area (Å²) < 4.78 is 15.4. The number of piperazine rings is 1. The van der Waals surface area contributed by atoms with Gasteiger partial charge in [-0.05, 0) is 36.9 Å². The molecule has 0 N–H and O–H groups in total. The second-order valence-corrected chi connectivity index (χ2v) is 7.99. The van der Waals surface area contributed by atoms with Crippen LogP contribution < -0.4 is 4.90 Å². The fraction of sp³-hybridized carbons (Fsp3) is 0.455. The lowest BCUT2D eigenvalue weighted by atomic mass is 10.1. The fourth-order valence-corrected chi connectivity index (χ4v) is 4.19. The summed E-state index contributed by atoms with van der Waals surface area (Å²) in [5, 5.41) is 4.68. The van der Waals surface area contributed by atoms with E-state index in [-0.39, 0.29) is 5.02 Å². The van der Waals surface area contributed by atoms with E-state index in [1.807, 2.05) is 16.8 Å². The molecule has 4 rings (SSSR count). The summed E-state index contributed by atoms with van der Waals surface area (Å²) in [7, 11) is 0. The highest BCUT2D eigenvalue weighted by molar-refractivity contribution is 6.31. The van der Waals surface area contributed by atoms with Gasteiger partial charge in [0.05, 0.1) is 11.2 Å². The Labute approximate surface area is 181 Å². The van der Waals surface area contributed by atoms with Crippen LogP contribution in [0.3, 0.4) is 0 Å². The van der Waals surface area contributed by atoms with Crippen molar-refractivity contribution in [2.75, 3.05) is 57.3 Å². The first kappa shape index (κ1) is 21.0. The van der Waals surface area contributed by atoms with E-state index in [0.29, 0.717) is 0 Å². The van der Waals surface area contributed by atoms with E-state index in [1.165, 1.54) is 6.07 Å². The number of rotatable bonds is 7. The number of halogens is 2. The molecule has 0 saturated carbocycles. The van der Waals surface area contributed by atoms with Gasteiger partial charge in [0.2, 0.25) is 0 Å². The van der Waals surface area contributed by atoms with E-state index in [1.54, 1.807) is 18.3 Å². The molecule has 0 bridgehead atoms. The number of hydrogen-bond donors (Lipinski definition) is 0. The molecule has 0 atom stereocenters. The Balaban J connectivity index is 1.49. The van der Waals surface area contributed by atoms with Gasteiger partial charge in [0, 0.05) is 51.0 Å². The zero-order valence-electron chi connectivity index (χ0n) is 17.6. The van der Waals surface area contributed by atoms with Gasteiger partial charge in [-0.25, -0.2) is 9.37 Å². The lowest BCUT2D eigenvalue weighted by Crippen LogP contribution is -2.49. The van der Waals surface area contributed by atoms with Crippen molar-refractivity contribution < 1.29 is 4.39 Å². The molecule has 8 heteroatoms. The van der Waals surface area contributed by atoms with E-state index in [4.69, 9.17) is 11.6 Å². The fourth-order valence-electron chi connectivity index (χ4n) is 4.01. The zero-order valence-corrected chi connectivity index (χ0v) is 18.3. The van der Waals surface area contributed by atoms with Crippen molar-refractivity contribution in [1.82, 2.24) is 24.4 Å². The first-order chi connectivity index (χ1) is 14.6. The van der Waals surface area contributed by atoms with Crippen LogP contribution in [-0.4, -0.2) is 76.8 Å². The average molecular weight is 431 g/mol. The minimum absolute atomic E-state index is 0.101. The third kappa shape index (κ3) is 4.29. The Morgan fingerprint density at radius 2 is 1.87 bits per heavy atom. The van der Waals surface area contributed by atoms with Crippen molar-refractivity contribution in [3.05, 3.63) is 47.5 Å². The van der Waals surface area contributed by atoms with Gasteiger partial charge in [-0.15, -0.1) is 0 Å². The topological polar surface area (TPSA) is 39.9 Å². The molecule has 160 valence electrons. The maximum Gasteiger partial charge on any atom is 0.165 e. The Hall–Kier alpha value is -2.22. The summed E-state index contributed by atoms with van der Waals surface area (Å²) in [6.07, 6.45) is 3.59. The van der Waals surface area contributed by atoms with Gasteiger partial charge in [0.1, 0.15) is 11.6 Å². The number of benzene rings is 1. The summed E-state index contributed by atoms with van der Waals surface area (Å²) in [4.78, 5) is 11.9. The Bertz CT molecular complexity index is 994. The second kappa shape index (κ2) is 9.29. The van der Waals surface area contributed by atoms with E-state index >= 15 is 0 Å². The van der Waals surface area contributed by atoms with E-state index in [9.17, 15) is 4.39 Å². The molecule has 0 unspecified atom stereocenters. The van der Waals surface area contributed by atoms with Crippen LogP contribution in [0.5, 0.6) is 0 Å². The van der Waals surface area contributed by atoms with Crippen LogP contribution in [-0.2, 0) is 0 Å². The summed E-state index contributed by atoms with van der Waals surface area (Å²) in [5.74, 6) is 0.604. The van der Waals surface area contributed by atoms with Gasteiger partial charge in [0.15, 0.2) is 5.65 Å². The molecule has 0 spiro atoms. The van der Waals surface area contributed by atoms with Gasteiger partial charge in [0.25, 0.3) is 0 Å². The molecule has 1 aromatic carbocycles. The molecule has 1 fully saturated rings. The van der Waals surface area contributed by atoms with Gasteiger partial charge >= 0.3 is 0 Å². The highest BCUT2D eigenvalue weighted by atomic mass is 35.5. The SMILES string of the molecule is CCN(CC)CCN1CCN(c2ccnc3c(-c4ccc(F)c(Cl)c4)cnn23)CC1. The van der Waals surface area contributed by atoms with Gasteiger partial charge in [-0.3, -0.25) is 4.90 Å². The number of nitrogens with zero attached hydrogens (tertiary/aromatic N) is 6. The molecule has 1 aliphatic heterocycles. The number of fused-ring (bicyclic) bond motifs is 1. The van der Waals surface area contributed by atoms with Crippen molar-refractivity contribution in [1.29, 1.82) is 0 Å². The zero-order chi connectivity index (χ0) is 21.1. The lowest BCUT2D eigenvalue weighted by molar-refractivity contribution is 0.205. The summed E-state index contributed by atoms with van der Waals surface area (Å²) in [6.45, 7) is 12.8. The van der Waals surface area contributed by atoms with Crippen LogP contribution in [0.25, 0.3) is 16.8 Å². The summed E-state index contributed by atoms with van der Waals surface area (Å²) in [6, 6.07) is 6.72. The van der Waals surface area contributed by atoms with Crippen molar-refractivity contribution in [2.24, 2.45) is 0 Å². The highest BCUT2D eigenvalue weighted by Gasteiger charge is 2.21. The van der Waals surface area contributed by atoms with Crippen molar-refractivity contribution in [3.8, 4) is 11.1 Å². The molecule has 2 aromatic heterocycles. The molecule has 1 saturated heterocycles. The van der Waals surface area contributed by atoms with Crippen molar-refractivity contribution >= 4 is 23.1 Å². The Kier molecular flexibility index (Phi) is 6.51. The van der Waals surface area contributed by atoms with E-state index in [2.05, 4.69) is 38.6 Å². The number of anilines is 1.